The van der Waals surface area contributed by atoms with Crippen LogP contribution in [0.25, 0.3) is 0 Å². The number of ether oxygens (including phenoxy) is 1. The number of hydrogen-bond acceptors (Lipinski definition) is 5. The van der Waals surface area contributed by atoms with Gasteiger partial charge in [-0.3, -0.25) is 9.59 Å². The molecule has 0 saturated carbocycles. The molecule has 0 aliphatic heterocycles. The van der Waals surface area contributed by atoms with E-state index in [1.54, 1.807) is 6.08 Å². The molecule has 0 aromatic carbocycles. The van der Waals surface area contributed by atoms with Crippen molar-refractivity contribution in [1.29, 1.82) is 0 Å². The van der Waals surface area contributed by atoms with Gasteiger partial charge in [-0.05, 0) is 83.5 Å². The van der Waals surface area contributed by atoms with E-state index >= 15 is 0 Å². The van der Waals surface area contributed by atoms with Crippen LogP contribution in [0.1, 0.15) is 386 Å². The molecule has 6 nitrogen and oxygen atoms in total. The van der Waals surface area contributed by atoms with Crippen molar-refractivity contribution >= 4 is 11.9 Å². The molecule has 2 atom stereocenters. The van der Waals surface area contributed by atoms with E-state index in [1.165, 1.54) is 308 Å². The largest absolute Gasteiger partial charge is 0.466 e. The Labute approximate surface area is 487 Å². The molecule has 0 rings (SSSR count). The van der Waals surface area contributed by atoms with Crippen molar-refractivity contribution in [2.24, 2.45) is 0 Å². The Hall–Kier alpha value is -1.92. The summed E-state index contributed by atoms with van der Waals surface area (Å²) in [6.07, 6.45) is 86.4. The second-order valence-corrected chi connectivity index (χ2v) is 24.2. The maximum absolute atomic E-state index is 12.5. The van der Waals surface area contributed by atoms with Crippen LogP contribution in [-0.2, 0) is 14.3 Å². The number of aliphatic hydroxyl groups excluding tert-OH is 2. The standard InChI is InChI=1S/C72H137NO5/c1-3-5-7-9-11-13-15-17-19-21-23-24-25-26-27-29-32-36-40-44-48-52-56-60-64-70(75)69(68-74)73-71(76)65-61-57-53-49-45-41-37-33-30-28-31-35-39-43-47-51-55-59-63-67-78-72(77)66-62-58-54-50-46-42-38-34-22-20-18-16-14-12-10-8-6-4-2/h20,22,28,30,60,64,69-70,74-75H,3-19,21,23-27,29,31-59,61-63,65-68H2,1-2H3,(H,73,76)/b22-20-,30-28-,64-60+. The van der Waals surface area contributed by atoms with Crippen molar-refractivity contribution in [3.05, 3.63) is 36.5 Å². The number of carbonyl (C=O) groups is 2. The van der Waals surface area contributed by atoms with Crippen LogP contribution in [0, 0.1) is 0 Å². The molecule has 0 aromatic rings. The maximum Gasteiger partial charge on any atom is 0.305 e. The number of rotatable bonds is 66. The summed E-state index contributed by atoms with van der Waals surface area (Å²) in [5.41, 5.74) is 0. The number of hydrogen-bond donors (Lipinski definition) is 3. The summed E-state index contributed by atoms with van der Waals surface area (Å²) in [6, 6.07) is -0.637. The molecule has 0 radical (unpaired) electrons. The molecular formula is C72H137NO5. The van der Waals surface area contributed by atoms with Crippen molar-refractivity contribution in [3.8, 4) is 0 Å². The lowest BCUT2D eigenvalue weighted by Crippen LogP contribution is -2.45. The fourth-order valence-electron chi connectivity index (χ4n) is 11.0. The number of amides is 1. The van der Waals surface area contributed by atoms with Crippen molar-refractivity contribution in [2.75, 3.05) is 13.2 Å². The van der Waals surface area contributed by atoms with E-state index in [2.05, 4.69) is 43.5 Å². The molecule has 0 aliphatic rings. The molecule has 0 bridgehead atoms. The van der Waals surface area contributed by atoms with Gasteiger partial charge in [-0.1, -0.05) is 326 Å². The molecule has 6 heteroatoms. The minimum absolute atomic E-state index is 0.00101. The minimum Gasteiger partial charge on any atom is -0.466 e. The molecule has 0 fully saturated rings. The van der Waals surface area contributed by atoms with Gasteiger partial charge in [0.2, 0.25) is 5.91 Å². The Morgan fingerprint density at radius 2 is 0.603 bits per heavy atom. The zero-order chi connectivity index (χ0) is 56.4. The zero-order valence-corrected chi connectivity index (χ0v) is 52.7. The van der Waals surface area contributed by atoms with Crippen LogP contribution in [-0.4, -0.2) is 47.4 Å². The van der Waals surface area contributed by atoms with Gasteiger partial charge in [0.1, 0.15) is 0 Å². The third-order valence-electron chi connectivity index (χ3n) is 16.4. The van der Waals surface area contributed by atoms with Crippen LogP contribution in [0.4, 0.5) is 0 Å². The summed E-state index contributed by atoms with van der Waals surface area (Å²) in [5, 5.41) is 23.3. The third-order valence-corrected chi connectivity index (χ3v) is 16.4. The van der Waals surface area contributed by atoms with E-state index in [4.69, 9.17) is 4.74 Å². The van der Waals surface area contributed by atoms with Crippen LogP contribution >= 0.6 is 0 Å². The monoisotopic (exact) mass is 1100 g/mol. The highest BCUT2D eigenvalue weighted by atomic mass is 16.5. The van der Waals surface area contributed by atoms with Gasteiger partial charge in [-0.25, -0.2) is 0 Å². The lowest BCUT2D eigenvalue weighted by atomic mass is 10.0. The topological polar surface area (TPSA) is 95.9 Å². The van der Waals surface area contributed by atoms with E-state index < -0.39 is 12.1 Å². The molecule has 1 amide bonds. The third kappa shape index (κ3) is 63.3. The Morgan fingerprint density at radius 1 is 0.346 bits per heavy atom. The average molecular weight is 1100 g/mol. The van der Waals surface area contributed by atoms with Gasteiger partial charge in [-0.2, -0.15) is 0 Å². The second kappa shape index (κ2) is 67.6. The molecule has 0 spiro atoms. The fraction of sp³-hybridized carbons (Fsp3) is 0.889. The van der Waals surface area contributed by atoms with Gasteiger partial charge in [-0.15, -0.1) is 0 Å². The quantitative estimate of drug-likeness (QED) is 0.0320. The summed E-state index contributed by atoms with van der Waals surface area (Å²) < 4.78 is 5.50. The van der Waals surface area contributed by atoms with Crippen LogP contribution in [0.5, 0.6) is 0 Å². The first kappa shape index (κ1) is 76.1. The van der Waals surface area contributed by atoms with E-state index in [9.17, 15) is 19.8 Å². The summed E-state index contributed by atoms with van der Waals surface area (Å²) in [5.74, 6) is -0.0729. The van der Waals surface area contributed by atoms with E-state index in [0.29, 0.717) is 19.4 Å². The van der Waals surface area contributed by atoms with Crippen molar-refractivity contribution < 1.29 is 24.5 Å². The predicted molar refractivity (Wildman–Crippen MR) is 343 cm³/mol. The highest BCUT2D eigenvalue weighted by Crippen LogP contribution is 2.18. The van der Waals surface area contributed by atoms with E-state index in [0.717, 1.165) is 51.4 Å². The fourth-order valence-corrected chi connectivity index (χ4v) is 11.0. The summed E-state index contributed by atoms with van der Waals surface area (Å²) in [7, 11) is 0. The number of carbonyl (C=O) groups excluding carboxylic acids is 2. The highest BCUT2D eigenvalue weighted by Gasteiger charge is 2.18. The van der Waals surface area contributed by atoms with Crippen molar-refractivity contribution in [1.82, 2.24) is 5.32 Å². The Bertz CT molecular complexity index is 1260. The van der Waals surface area contributed by atoms with Crippen LogP contribution in [0.15, 0.2) is 36.5 Å². The smallest absolute Gasteiger partial charge is 0.305 e. The number of aliphatic hydroxyl groups is 2. The molecule has 78 heavy (non-hydrogen) atoms. The first-order chi connectivity index (χ1) is 38.5. The summed E-state index contributed by atoms with van der Waals surface area (Å²) in [4.78, 5) is 24.6. The summed E-state index contributed by atoms with van der Waals surface area (Å²) in [6.45, 7) is 4.92. The average Bonchev–Trinajstić information content (AvgIpc) is 3.44. The first-order valence-corrected chi connectivity index (χ1v) is 35.3. The van der Waals surface area contributed by atoms with E-state index in [1.807, 2.05) is 6.08 Å². The first-order valence-electron chi connectivity index (χ1n) is 35.3. The SMILES string of the molecule is CCCCCCCCC/C=C\CCCCCCCCCC(=O)OCCCCCCCCCC/C=C\CCCCCCCCCC(=O)NC(CO)C(O)/C=C/CCCCCCCCCCCCCCCCCCCCCCCC. The van der Waals surface area contributed by atoms with Crippen molar-refractivity contribution in [2.45, 2.75) is 398 Å². The molecule has 460 valence electrons. The molecule has 2 unspecified atom stereocenters. The molecular weight excluding hydrogens is 959 g/mol. The number of nitrogens with one attached hydrogen (secondary N) is 1. The van der Waals surface area contributed by atoms with Gasteiger partial charge < -0.3 is 20.3 Å². The van der Waals surface area contributed by atoms with Crippen LogP contribution < -0.4 is 5.32 Å². The Morgan fingerprint density at radius 3 is 0.910 bits per heavy atom. The summed E-state index contributed by atoms with van der Waals surface area (Å²) >= 11 is 0. The zero-order valence-electron chi connectivity index (χ0n) is 52.7. The number of unbranched alkanes of at least 4 members (excludes halogenated alkanes) is 51. The minimum atomic E-state index is -0.853. The number of allylic oxidation sites excluding steroid dienone is 5. The van der Waals surface area contributed by atoms with Gasteiger partial charge in [0.25, 0.3) is 0 Å². The molecule has 0 aromatic heterocycles. The van der Waals surface area contributed by atoms with Gasteiger partial charge >= 0.3 is 5.97 Å². The Balaban J connectivity index is 3.45. The number of esters is 1. The van der Waals surface area contributed by atoms with Gasteiger partial charge in [0.15, 0.2) is 0 Å². The maximum atomic E-state index is 12.5. The van der Waals surface area contributed by atoms with Crippen LogP contribution in [0.3, 0.4) is 0 Å². The molecule has 0 aliphatic carbocycles. The lowest BCUT2D eigenvalue weighted by Gasteiger charge is -2.20. The molecule has 0 saturated heterocycles. The van der Waals surface area contributed by atoms with Crippen LogP contribution in [0.2, 0.25) is 0 Å². The lowest BCUT2D eigenvalue weighted by molar-refractivity contribution is -0.143. The van der Waals surface area contributed by atoms with Crippen molar-refractivity contribution in [3.63, 3.8) is 0 Å². The normalized spacial score (nSPS) is 12.7. The second-order valence-electron chi connectivity index (χ2n) is 24.2. The highest BCUT2D eigenvalue weighted by molar-refractivity contribution is 5.76. The van der Waals surface area contributed by atoms with Gasteiger partial charge in [0.05, 0.1) is 25.4 Å². The molecule has 3 N–H and O–H groups in total. The van der Waals surface area contributed by atoms with E-state index in [-0.39, 0.29) is 18.5 Å². The molecule has 0 heterocycles. The Kier molecular flexibility index (Phi) is 65.9. The van der Waals surface area contributed by atoms with Gasteiger partial charge in [0, 0.05) is 12.8 Å². The predicted octanol–water partition coefficient (Wildman–Crippen LogP) is 22.7.